The number of carbonyl (C=O) groups is 1. The molecule has 0 aromatic carbocycles. The highest BCUT2D eigenvalue weighted by Crippen LogP contribution is 2.34. The third-order valence-electron chi connectivity index (χ3n) is 5.37. The number of hydrogen-bond donors (Lipinski definition) is 1. The van der Waals surface area contributed by atoms with Gasteiger partial charge in [-0.15, -0.1) is 0 Å². The summed E-state index contributed by atoms with van der Waals surface area (Å²) in [6, 6.07) is 7.43. The summed E-state index contributed by atoms with van der Waals surface area (Å²) in [5.41, 5.74) is 1.89. The predicted octanol–water partition coefficient (Wildman–Crippen LogP) is 2.00. The molecule has 2 fully saturated rings. The zero-order chi connectivity index (χ0) is 15.3. The van der Waals surface area contributed by atoms with Crippen molar-refractivity contribution >= 4 is 11.4 Å². The van der Waals surface area contributed by atoms with Gasteiger partial charge in [0, 0.05) is 24.3 Å². The molecule has 2 unspecified atom stereocenters. The van der Waals surface area contributed by atoms with Crippen LogP contribution in [0.1, 0.15) is 42.0 Å². The lowest BCUT2D eigenvalue weighted by atomic mass is 9.98. The molecule has 1 N–H and O–H groups in total. The number of nitrogens with zero attached hydrogens (tertiary/aromatic N) is 3. The average Bonchev–Trinajstić information content (AvgIpc) is 2.93. The van der Waals surface area contributed by atoms with E-state index in [2.05, 4.69) is 22.2 Å². The summed E-state index contributed by atoms with van der Waals surface area (Å²) in [4.78, 5) is 19.6. The Morgan fingerprint density at radius 1 is 1.27 bits per heavy atom. The summed E-state index contributed by atoms with van der Waals surface area (Å²) in [7, 11) is 2.21. The number of imidazole rings is 1. The molecule has 0 aliphatic carbocycles. The Kier molecular flexibility index (Phi) is 3.18. The van der Waals surface area contributed by atoms with Crippen LogP contribution in [-0.4, -0.2) is 45.4 Å². The van der Waals surface area contributed by atoms with Crippen molar-refractivity contribution in [3.05, 3.63) is 35.9 Å². The fourth-order valence-electron chi connectivity index (χ4n) is 4.13. The first-order valence-corrected chi connectivity index (χ1v) is 8.10. The van der Waals surface area contributed by atoms with Gasteiger partial charge in [0.1, 0.15) is 0 Å². The van der Waals surface area contributed by atoms with E-state index in [1.165, 1.54) is 12.8 Å². The predicted molar refractivity (Wildman–Crippen MR) is 85.0 cm³/mol. The van der Waals surface area contributed by atoms with Gasteiger partial charge in [-0.2, -0.15) is 0 Å². The van der Waals surface area contributed by atoms with Crippen LogP contribution >= 0.6 is 0 Å². The highest BCUT2D eigenvalue weighted by Gasteiger charge is 2.39. The van der Waals surface area contributed by atoms with Crippen LogP contribution in [0.3, 0.4) is 0 Å². The number of aromatic nitrogens is 2. The van der Waals surface area contributed by atoms with Crippen molar-refractivity contribution in [1.29, 1.82) is 0 Å². The van der Waals surface area contributed by atoms with Gasteiger partial charge in [-0.25, -0.2) is 4.98 Å². The maximum atomic E-state index is 12.6. The van der Waals surface area contributed by atoms with Gasteiger partial charge in [-0.05, 0) is 51.8 Å². The molecule has 5 heteroatoms. The van der Waals surface area contributed by atoms with Crippen molar-refractivity contribution in [2.75, 3.05) is 7.05 Å². The maximum absolute atomic E-state index is 12.6. The van der Waals surface area contributed by atoms with E-state index in [4.69, 9.17) is 0 Å². The molecule has 2 bridgehead atoms. The summed E-state index contributed by atoms with van der Waals surface area (Å²) in [6.07, 6.45) is 6.54. The quantitative estimate of drug-likeness (QED) is 0.922. The van der Waals surface area contributed by atoms with Crippen LogP contribution in [0.15, 0.2) is 24.4 Å². The van der Waals surface area contributed by atoms with E-state index in [1.807, 2.05) is 35.7 Å². The molecule has 0 saturated carbocycles. The summed E-state index contributed by atoms with van der Waals surface area (Å²) in [5, 5.41) is 3.21. The molecule has 116 valence electrons. The number of pyridine rings is 1. The molecule has 2 aliphatic heterocycles. The first kappa shape index (κ1) is 13.8. The number of piperidine rings is 1. The van der Waals surface area contributed by atoms with E-state index in [-0.39, 0.29) is 11.9 Å². The summed E-state index contributed by atoms with van der Waals surface area (Å²) in [5.74, 6) is 0.447. The van der Waals surface area contributed by atoms with Crippen molar-refractivity contribution in [3.63, 3.8) is 0 Å². The van der Waals surface area contributed by atoms with Gasteiger partial charge < -0.3 is 10.2 Å². The van der Waals surface area contributed by atoms with E-state index < -0.39 is 0 Å². The second-order valence-electron chi connectivity index (χ2n) is 6.67. The molecule has 5 nitrogen and oxygen atoms in total. The van der Waals surface area contributed by atoms with Gasteiger partial charge in [0.25, 0.3) is 5.91 Å². The summed E-state index contributed by atoms with van der Waals surface area (Å²) >= 11 is 0. The Morgan fingerprint density at radius 2 is 2.00 bits per heavy atom. The molecule has 2 aliphatic rings. The lowest BCUT2D eigenvalue weighted by Gasteiger charge is -2.36. The number of fused-ring (bicyclic) bond motifs is 3. The largest absolute Gasteiger partial charge is 0.347 e. The van der Waals surface area contributed by atoms with Gasteiger partial charge in [0.2, 0.25) is 5.82 Å². The molecule has 0 spiro atoms. The first-order chi connectivity index (χ1) is 10.6. The Labute approximate surface area is 130 Å². The topological polar surface area (TPSA) is 49.6 Å². The minimum atomic E-state index is -0.0525. The van der Waals surface area contributed by atoms with Crippen LogP contribution in [0.5, 0.6) is 0 Å². The molecule has 2 saturated heterocycles. The van der Waals surface area contributed by atoms with Crippen molar-refractivity contribution < 1.29 is 4.79 Å². The van der Waals surface area contributed by atoms with Crippen molar-refractivity contribution in [1.82, 2.24) is 19.6 Å². The lowest BCUT2D eigenvalue weighted by molar-refractivity contribution is 0.0871. The fourth-order valence-corrected chi connectivity index (χ4v) is 4.13. The van der Waals surface area contributed by atoms with Crippen molar-refractivity contribution in [2.45, 2.75) is 50.7 Å². The number of rotatable bonds is 2. The average molecular weight is 298 g/mol. The smallest absolute Gasteiger partial charge is 0.287 e. The molecule has 4 heterocycles. The normalized spacial score (nSPS) is 28.2. The molecular formula is C17H22N4O. The van der Waals surface area contributed by atoms with Gasteiger partial charge in [0.15, 0.2) is 0 Å². The Hall–Kier alpha value is -1.88. The Bertz CT molecular complexity index is 709. The van der Waals surface area contributed by atoms with Crippen LogP contribution in [0.25, 0.3) is 5.52 Å². The van der Waals surface area contributed by atoms with Gasteiger partial charge in [-0.3, -0.25) is 9.20 Å². The molecule has 0 radical (unpaired) electrons. The maximum Gasteiger partial charge on any atom is 0.287 e. The number of nitrogens with one attached hydrogen (secondary N) is 1. The van der Waals surface area contributed by atoms with Gasteiger partial charge >= 0.3 is 0 Å². The lowest BCUT2D eigenvalue weighted by Crippen LogP contribution is -2.49. The number of hydrogen-bond acceptors (Lipinski definition) is 3. The molecule has 1 amide bonds. The third kappa shape index (κ3) is 2.11. The standard InChI is InChI=1S/C17H22N4O/c1-11-15-5-3-4-8-21(15)16(18-11)17(22)19-12-9-13-6-7-14(10-12)20(13)2/h3-5,8,12-14H,6-7,9-10H2,1-2H3,(H,19,22). The summed E-state index contributed by atoms with van der Waals surface area (Å²) < 4.78 is 1.88. The Balaban J connectivity index is 1.55. The van der Waals surface area contributed by atoms with Crippen LogP contribution in [0.2, 0.25) is 0 Å². The van der Waals surface area contributed by atoms with Crippen molar-refractivity contribution in [3.8, 4) is 0 Å². The zero-order valence-electron chi connectivity index (χ0n) is 13.1. The third-order valence-corrected chi connectivity index (χ3v) is 5.37. The highest BCUT2D eigenvalue weighted by atomic mass is 16.2. The van der Waals surface area contributed by atoms with E-state index in [0.717, 1.165) is 24.1 Å². The first-order valence-electron chi connectivity index (χ1n) is 8.10. The zero-order valence-corrected chi connectivity index (χ0v) is 13.1. The SMILES string of the molecule is Cc1nc(C(=O)NC2CC3CCC(C2)N3C)n2ccccc12. The molecule has 2 atom stereocenters. The van der Waals surface area contributed by atoms with E-state index >= 15 is 0 Å². The Morgan fingerprint density at radius 3 is 2.73 bits per heavy atom. The number of aryl methyl sites for hydroxylation is 1. The molecule has 4 rings (SSSR count). The second-order valence-corrected chi connectivity index (χ2v) is 6.67. The van der Waals surface area contributed by atoms with E-state index in [9.17, 15) is 4.79 Å². The van der Waals surface area contributed by atoms with Crippen LogP contribution in [0, 0.1) is 6.92 Å². The fraction of sp³-hybridized carbons (Fsp3) is 0.529. The van der Waals surface area contributed by atoms with Crippen LogP contribution in [0.4, 0.5) is 0 Å². The number of amides is 1. The number of carbonyl (C=O) groups excluding carboxylic acids is 1. The van der Waals surface area contributed by atoms with E-state index in [0.29, 0.717) is 17.9 Å². The molecule has 2 aromatic rings. The van der Waals surface area contributed by atoms with Crippen molar-refractivity contribution in [2.24, 2.45) is 0 Å². The molecule has 2 aromatic heterocycles. The minimum absolute atomic E-state index is 0.0525. The summed E-state index contributed by atoms with van der Waals surface area (Å²) in [6.45, 7) is 1.95. The minimum Gasteiger partial charge on any atom is -0.347 e. The van der Waals surface area contributed by atoms with Crippen LogP contribution in [-0.2, 0) is 0 Å². The van der Waals surface area contributed by atoms with Crippen LogP contribution < -0.4 is 5.32 Å². The highest BCUT2D eigenvalue weighted by molar-refractivity contribution is 5.92. The monoisotopic (exact) mass is 298 g/mol. The molecule has 22 heavy (non-hydrogen) atoms. The van der Waals surface area contributed by atoms with Gasteiger partial charge in [0.05, 0.1) is 11.2 Å². The second kappa shape index (κ2) is 5.09. The van der Waals surface area contributed by atoms with E-state index in [1.54, 1.807) is 0 Å². The van der Waals surface area contributed by atoms with Gasteiger partial charge in [-0.1, -0.05) is 6.07 Å². The molecular weight excluding hydrogens is 276 g/mol.